The number of carbonyl (C=O) groups excluding carboxylic acids is 1. The standard InChI is InChI=1S/C16H27N3O2S/c1-12-18-14(11-22-12)9-17-8-13-6-5-7-19(10-13)15(20)21-16(2,3)4/h11,13,17H,5-10H2,1-4H3/t13-/m1/s1. The summed E-state index contributed by atoms with van der Waals surface area (Å²) in [6, 6.07) is 0. The van der Waals surface area contributed by atoms with E-state index in [1.54, 1.807) is 11.3 Å². The third-order valence-electron chi connectivity index (χ3n) is 3.58. The van der Waals surface area contributed by atoms with Crippen LogP contribution >= 0.6 is 11.3 Å². The van der Waals surface area contributed by atoms with Gasteiger partial charge in [-0.25, -0.2) is 9.78 Å². The quantitative estimate of drug-likeness (QED) is 0.924. The first-order valence-corrected chi connectivity index (χ1v) is 8.81. The lowest BCUT2D eigenvalue weighted by molar-refractivity contribution is 0.0166. The van der Waals surface area contributed by atoms with Crippen molar-refractivity contribution in [3.8, 4) is 0 Å². The summed E-state index contributed by atoms with van der Waals surface area (Å²) in [6.45, 7) is 11.0. The predicted molar refractivity (Wildman–Crippen MR) is 89.1 cm³/mol. The minimum atomic E-state index is -0.426. The Balaban J connectivity index is 1.74. The van der Waals surface area contributed by atoms with Crippen molar-refractivity contribution in [2.45, 2.75) is 52.7 Å². The van der Waals surface area contributed by atoms with Gasteiger partial charge in [0.2, 0.25) is 0 Å². The summed E-state index contributed by atoms with van der Waals surface area (Å²) in [5.74, 6) is 0.487. The monoisotopic (exact) mass is 325 g/mol. The van der Waals surface area contributed by atoms with Gasteiger partial charge >= 0.3 is 6.09 Å². The zero-order valence-electron chi connectivity index (χ0n) is 14.0. The summed E-state index contributed by atoms with van der Waals surface area (Å²) in [5.41, 5.74) is 0.674. The first-order valence-electron chi connectivity index (χ1n) is 7.93. The fourth-order valence-electron chi connectivity index (χ4n) is 2.62. The molecule has 5 nitrogen and oxygen atoms in total. The average molecular weight is 325 g/mol. The van der Waals surface area contributed by atoms with Crippen LogP contribution in [0.2, 0.25) is 0 Å². The molecule has 1 aromatic heterocycles. The second-order valence-electron chi connectivity index (χ2n) is 6.92. The molecule has 0 saturated carbocycles. The highest BCUT2D eigenvalue weighted by Gasteiger charge is 2.27. The number of nitrogens with one attached hydrogen (secondary N) is 1. The highest BCUT2D eigenvalue weighted by Crippen LogP contribution is 2.19. The molecule has 1 amide bonds. The number of likely N-dealkylation sites (tertiary alicyclic amines) is 1. The van der Waals surface area contributed by atoms with Crippen LogP contribution in [0, 0.1) is 12.8 Å². The van der Waals surface area contributed by atoms with Gasteiger partial charge in [0.15, 0.2) is 0 Å². The van der Waals surface area contributed by atoms with E-state index in [0.29, 0.717) is 5.92 Å². The van der Waals surface area contributed by atoms with Crippen LogP contribution in [0.25, 0.3) is 0 Å². The molecule has 1 N–H and O–H groups in total. The van der Waals surface area contributed by atoms with Gasteiger partial charge in [0.1, 0.15) is 5.60 Å². The van der Waals surface area contributed by atoms with E-state index in [1.807, 2.05) is 32.6 Å². The summed E-state index contributed by atoms with van der Waals surface area (Å²) in [5, 5.41) is 6.65. The van der Waals surface area contributed by atoms with Crippen LogP contribution < -0.4 is 5.32 Å². The molecule has 124 valence electrons. The smallest absolute Gasteiger partial charge is 0.410 e. The highest BCUT2D eigenvalue weighted by molar-refractivity contribution is 7.09. The van der Waals surface area contributed by atoms with Gasteiger partial charge in [-0.2, -0.15) is 0 Å². The molecule has 0 radical (unpaired) electrons. The van der Waals surface area contributed by atoms with Gasteiger partial charge in [-0.15, -0.1) is 11.3 Å². The maximum absolute atomic E-state index is 12.1. The van der Waals surface area contributed by atoms with Gasteiger partial charge in [0.05, 0.1) is 10.7 Å². The van der Waals surface area contributed by atoms with E-state index in [9.17, 15) is 4.79 Å². The Morgan fingerprint density at radius 3 is 2.95 bits per heavy atom. The largest absolute Gasteiger partial charge is 0.444 e. The summed E-state index contributed by atoms with van der Waals surface area (Å²) < 4.78 is 5.46. The van der Waals surface area contributed by atoms with Gasteiger partial charge in [-0.05, 0) is 46.5 Å². The molecule has 2 rings (SSSR count). The maximum Gasteiger partial charge on any atom is 0.410 e. The summed E-state index contributed by atoms with van der Waals surface area (Å²) in [6.07, 6.45) is 2.01. The molecule has 1 aliphatic rings. The number of aromatic nitrogens is 1. The van der Waals surface area contributed by atoms with Crippen LogP contribution in [0.15, 0.2) is 5.38 Å². The van der Waals surface area contributed by atoms with Crippen molar-refractivity contribution in [1.82, 2.24) is 15.2 Å². The molecule has 0 aliphatic carbocycles. The number of thiazole rings is 1. The topological polar surface area (TPSA) is 54.5 Å². The van der Waals surface area contributed by atoms with Crippen molar-refractivity contribution < 1.29 is 9.53 Å². The third kappa shape index (κ3) is 5.57. The number of ether oxygens (including phenoxy) is 1. The normalized spacial score (nSPS) is 19.3. The van der Waals surface area contributed by atoms with E-state index in [-0.39, 0.29) is 6.09 Å². The fraction of sp³-hybridized carbons (Fsp3) is 0.750. The number of amides is 1. The molecule has 1 saturated heterocycles. The number of hydrogen-bond acceptors (Lipinski definition) is 5. The molecule has 1 aliphatic heterocycles. The second kappa shape index (κ2) is 7.42. The number of rotatable bonds is 4. The highest BCUT2D eigenvalue weighted by atomic mass is 32.1. The van der Waals surface area contributed by atoms with Crippen LogP contribution in [-0.2, 0) is 11.3 Å². The molecule has 22 heavy (non-hydrogen) atoms. The molecule has 2 heterocycles. The van der Waals surface area contributed by atoms with Gasteiger partial charge in [-0.3, -0.25) is 0 Å². The van der Waals surface area contributed by atoms with Gasteiger partial charge in [0.25, 0.3) is 0 Å². The molecule has 0 spiro atoms. The Labute approximate surface area is 137 Å². The molecule has 1 atom stereocenters. The predicted octanol–water partition coefficient (Wildman–Crippen LogP) is 3.19. The van der Waals surface area contributed by atoms with E-state index in [0.717, 1.165) is 49.7 Å². The Kier molecular flexibility index (Phi) is 5.81. The lowest BCUT2D eigenvalue weighted by atomic mass is 9.98. The Morgan fingerprint density at radius 1 is 1.55 bits per heavy atom. The number of piperidine rings is 1. The van der Waals surface area contributed by atoms with E-state index in [4.69, 9.17) is 4.74 Å². The van der Waals surface area contributed by atoms with Crippen molar-refractivity contribution in [3.63, 3.8) is 0 Å². The summed E-state index contributed by atoms with van der Waals surface area (Å²) in [7, 11) is 0. The van der Waals surface area contributed by atoms with Crippen molar-refractivity contribution in [2.75, 3.05) is 19.6 Å². The minimum Gasteiger partial charge on any atom is -0.444 e. The number of carbonyl (C=O) groups is 1. The first kappa shape index (κ1) is 17.2. The number of hydrogen-bond donors (Lipinski definition) is 1. The van der Waals surface area contributed by atoms with E-state index >= 15 is 0 Å². The van der Waals surface area contributed by atoms with Crippen LogP contribution in [0.4, 0.5) is 4.79 Å². The third-order valence-corrected chi connectivity index (χ3v) is 4.40. The first-order chi connectivity index (χ1) is 10.3. The van der Waals surface area contributed by atoms with Crippen molar-refractivity contribution in [1.29, 1.82) is 0 Å². The lowest BCUT2D eigenvalue weighted by Crippen LogP contribution is -2.45. The molecule has 0 bridgehead atoms. The second-order valence-corrected chi connectivity index (χ2v) is 7.99. The van der Waals surface area contributed by atoms with E-state index < -0.39 is 5.60 Å². The molecule has 6 heteroatoms. The Hall–Kier alpha value is -1.14. The van der Waals surface area contributed by atoms with Crippen LogP contribution in [-0.4, -0.2) is 41.2 Å². The zero-order valence-corrected chi connectivity index (χ0v) is 14.8. The molecule has 1 aromatic rings. The molecular formula is C16H27N3O2S. The van der Waals surface area contributed by atoms with Gasteiger partial charge < -0.3 is 15.0 Å². The zero-order chi connectivity index (χ0) is 16.2. The Morgan fingerprint density at radius 2 is 2.32 bits per heavy atom. The lowest BCUT2D eigenvalue weighted by Gasteiger charge is -2.34. The van der Waals surface area contributed by atoms with Crippen LogP contribution in [0.3, 0.4) is 0 Å². The van der Waals surface area contributed by atoms with Crippen LogP contribution in [0.5, 0.6) is 0 Å². The van der Waals surface area contributed by atoms with Crippen molar-refractivity contribution in [2.24, 2.45) is 5.92 Å². The summed E-state index contributed by atoms with van der Waals surface area (Å²) >= 11 is 1.68. The van der Waals surface area contributed by atoms with Crippen molar-refractivity contribution >= 4 is 17.4 Å². The molecule has 0 aromatic carbocycles. The van der Waals surface area contributed by atoms with Crippen molar-refractivity contribution in [3.05, 3.63) is 16.1 Å². The number of nitrogens with zero attached hydrogens (tertiary/aromatic N) is 2. The molecular weight excluding hydrogens is 298 g/mol. The fourth-order valence-corrected chi connectivity index (χ4v) is 3.23. The molecule has 0 unspecified atom stereocenters. The molecule has 1 fully saturated rings. The van der Waals surface area contributed by atoms with Gasteiger partial charge in [0, 0.05) is 31.6 Å². The SMILES string of the molecule is Cc1nc(CNC[C@H]2CCCN(C(=O)OC(C)(C)C)C2)cs1. The number of aryl methyl sites for hydroxylation is 1. The van der Waals surface area contributed by atoms with E-state index in [1.165, 1.54) is 0 Å². The maximum atomic E-state index is 12.1. The Bertz CT molecular complexity index is 496. The van der Waals surface area contributed by atoms with Crippen LogP contribution in [0.1, 0.15) is 44.3 Å². The average Bonchev–Trinajstić information content (AvgIpc) is 2.83. The van der Waals surface area contributed by atoms with Gasteiger partial charge in [-0.1, -0.05) is 0 Å². The van der Waals surface area contributed by atoms with E-state index in [2.05, 4.69) is 15.7 Å². The summed E-state index contributed by atoms with van der Waals surface area (Å²) in [4.78, 5) is 18.4. The minimum absolute atomic E-state index is 0.188.